The molecule has 3 rings (SSSR count). The molecule has 0 spiro atoms. The van der Waals surface area contributed by atoms with Gasteiger partial charge >= 0.3 is 0 Å². The van der Waals surface area contributed by atoms with Crippen molar-refractivity contribution in [3.63, 3.8) is 0 Å². The van der Waals surface area contributed by atoms with E-state index in [0.29, 0.717) is 12.2 Å². The predicted molar refractivity (Wildman–Crippen MR) is 94.8 cm³/mol. The van der Waals surface area contributed by atoms with Gasteiger partial charge in [-0.2, -0.15) is 0 Å². The highest BCUT2D eigenvalue weighted by molar-refractivity contribution is 7.92. The molecule has 0 aliphatic carbocycles. The van der Waals surface area contributed by atoms with Crippen LogP contribution in [0.5, 0.6) is 0 Å². The lowest BCUT2D eigenvalue weighted by atomic mass is 10.0. The minimum absolute atomic E-state index is 0.00364. The Balaban J connectivity index is 1.89. The Hall–Kier alpha value is -2.34. The van der Waals surface area contributed by atoms with Gasteiger partial charge in [-0.15, -0.1) is 0 Å². The number of rotatable bonds is 3. The smallest absolute Gasteiger partial charge is 0.261 e. The van der Waals surface area contributed by atoms with Crippen molar-refractivity contribution in [2.45, 2.75) is 31.6 Å². The van der Waals surface area contributed by atoms with Crippen molar-refractivity contribution in [3.8, 4) is 0 Å². The summed E-state index contributed by atoms with van der Waals surface area (Å²) in [5.41, 5.74) is 3.37. The summed E-state index contributed by atoms with van der Waals surface area (Å²) in [5, 5.41) is 0. The number of benzene rings is 2. The highest BCUT2D eigenvalue weighted by Gasteiger charge is 2.21. The molecule has 0 fully saturated rings. The van der Waals surface area contributed by atoms with Crippen LogP contribution in [0, 0.1) is 6.92 Å². The van der Waals surface area contributed by atoms with Gasteiger partial charge in [-0.25, -0.2) is 8.42 Å². The van der Waals surface area contributed by atoms with Crippen molar-refractivity contribution in [2.75, 3.05) is 16.2 Å². The zero-order valence-electron chi connectivity index (χ0n) is 13.7. The molecule has 0 saturated carbocycles. The van der Waals surface area contributed by atoms with E-state index in [9.17, 15) is 13.2 Å². The molecule has 2 aromatic rings. The molecule has 0 bridgehead atoms. The molecule has 1 heterocycles. The monoisotopic (exact) mass is 344 g/mol. The van der Waals surface area contributed by atoms with Crippen LogP contribution >= 0.6 is 0 Å². The van der Waals surface area contributed by atoms with Crippen LogP contribution < -0.4 is 9.62 Å². The van der Waals surface area contributed by atoms with Crippen molar-refractivity contribution < 1.29 is 13.2 Å². The second-order valence-electron chi connectivity index (χ2n) is 6.04. The number of hydrogen-bond acceptors (Lipinski definition) is 3. The Morgan fingerprint density at radius 2 is 1.83 bits per heavy atom. The molecular formula is C18H20N2O3S. The van der Waals surface area contributed by atoms with Gasteiger partial charge in [-0.05, 0) is 55.7 Å². The fourth-order valence-corrected chi connectivity index (χ4v) is 3.97. The van der Waals surface area contributed by atoms with Gasteiger partial charge in [-0.1, -0.05) is 17.7 Å². The van der Waals surface area contributed by atoms with Gasteiger partial charge in [0.15, 0.2) is 0 Å². The Bertz CT molecular complexity index is 874. The van der Waals surface area contributed by atoms with Gasteiger partial charge in [0, 0.05) is 24.8 Å². The molecule has 2 aromatic carbocycles. The Labute approximate surface area is 142 Å². The third kappa shape index (κ3) is 3.28. The number of nitrogens with zero attached hydrogens (tertiary/aromatic N) is 1. The van der Waals surface area contributed by atoms with Crippen LogP contribution in [0.15, 0.2) is 47.4 Å². The first-order valence-electron chi connectivity index (χ1n) is 7.87. The fourth-order valence-electron chi connectivity index (χ4n) is 2.92. The molecule has 1 amide bonds. The molecule has 24 heavy (non-hydrogen) atoms. The summed E-state index contributed by atoms with van der Waals surface area (Å²) in [6.45, 7) is 4.16. The Kier molecular flexibility index (Phi) is 4.32. The number of hydrogen-bond donors (Lipinski definition) is 1. The van der Waals surface area contributed by atoms with Gasteiger partial charge < -0.3 is 4.90 Å². The fraction of sp³-hybridized carbons (Fsp3) is 0.278. The summed E-state index contributed by atoms with van der Waals surface area (Å²) in [6.07, 6.45) is 1.71. The van der Waals surface area contributed by atoms with E-state index in [0.717, 1.165) is 29.7 Å². The molecule has 0 radical (unpaired) electrons. The molecular weight excluding hydrogens is 324 g/mol. The van der Waals surface area contributed by atoms with Crippen molar-refractivity contribution in [3.05, 3.63) is 53.6 Å². The molecule has 0 saturated heterocycles. The number of amides is 1. The lowest BCUT2D eigenvalue weighted by molar-refractivity contribution is -0.116. The van der Waals surface area contributed by atoms with Gasteiger partial charge in [0.2, 0.25) is 5.91 Å². The van der Waals surface area contributed by atoms with Gasteiger partial charge in [-0.3, -0.25) is 9.52 Å². The zero-order valence-corrected chi connectivity index (χ0v) is 14.6. The molecule has 1 aliphatic rings. The van der Waals surface area contributed by atoms with Gasteiger partial charge in [0.05, 0.1) is 4.90 Å². The van der Waals surface area contributed by atoms with Crippen LogP contribution in [0.2, 0.25) is 0 Å². The molecule has 126 valence electrons. The lowest BCUT2D eigenvalue weighted by Gasteiger charge is -2.29. The van der Waals surface area contributed by atoms with Crippen molar-refractivity contribution in [1.29, 1.82) is 0 Å². The first-order chi connectivity index (χ1) is 11.4. The SMILES string of the molecule is CC(=O)N1CCCc2cc(NS(=O)(=O)c3ccc(C)cc3)ccc21. The molecule has 6 heteroatoms. The third-order valence-corrected chi connectivity index (χ3v) is 5.56. The van der Waals surface area contributed by atoms with Crippen molar-refractivity contribution in [1.82, 2.24) is 0 Å². The minimum atomic E-state index is -3.62. The first kappa shape index (κ1) is 16.5. The molecule has 0 atom stereocenters. The van der Waals surface area contributed by atoms with E-state index in [4.69, 9.17) is 0 Å². The molecule has 5 nitrogen and oxygen atoms in total. The van der Waals surface area contributed by atoms with E-state index < -0.39 is 10.0 Å². The topological polar surface area (TPSA) is 66.5 Å². The van der Waals surface area contributed by atoms with E-state index in [1.807, 2.05) is 19.1 Å². The maximum Gasteiger partial charge on any atom is 0.261 e. The molecule has 0 aromatic heterocycles. The van der Waals surface area contributed by atoms with Crippen LogP contribution in [0.25, 0.3) is 0 Å². The minimum Gasteiger partial charge on any atom is -0.312 e. The van der Waals surface area contributed by atoms with Crippen LogP contribution in [0.1, 0.15) is 24.5 Å². The number of sulfonamides is 1. The third-order valence-electron chi connectivity index (χ3n) is 4.16. The molecule has 0 unspecified atom stereocenters. The second kappa shape index (κ2) is 6.28. The summed E-state index contributed by atoms with van der Waals surface area (Å²) in [4.78, 5) is 13.7. The second-order valence-corrected chi connectivity index (χ2v) is 7.72. The molecule has 1 N–H and O–H groups in total. The van der Waals surface area contributed by atoms with Gasteiger partial charge in [0.25, 0.3) is 10.0 Å². The average molecular weight is 344 g/mol. The maximum atomic E-state index is 12.5. The van der Waals surface area contributed by atoms with Crippen LogP contribution in [-0.4, -0.2) is 20.9 Å². The first-order valence-corrected chi connectivity index (χ1v) is 9.36. The summed E-state index contributed by atoms with van der Waals surface area (Å²) in [7, 11) is -3.62. The highest BCUT2D eigenvalue weighted by atomic mass is 32.2. The normalized spacial score (nSPS) is 14.2. The predicted octanol–water partition coefficient (Wildman–Crippen LogP) is 3.09. The zero-order chi connectivity index (χ0) is 17.3. The van der Waals surface area contributed by atoms with Crippen LogP contribution in [0.3, 0.4) is 0 Å². The number of anilines is 2. The Morgan fingerprint density at radius 1 is 1.12 bits per heavy atom. The van der Waals surface area contributed by atoms with E-state index in [-0.39, 0.29) is 10.8 Å². The number of carbonyl (C=O) groups is 1. The maximum absolute atomic E-state index is 12.5. The Morgan fingerprint density at radius 3 is 2.50 bits per heavy atom. The highest BCUT2D eigenvalue weighted by Crippen LogP contribution is 2.30. The summed E-state index contributed by atoms with van der Waals surface area (Å²) < 4.78 is 27.6. The summed E-state index contributed by atoms with van der Waals surface area (Å²) >= 11 is 0. The van der Waals surface area contributed by atoms with E-state index >= 15 is 0 Å². The largest absolute Gasteiger partial charge is 0.312 e. The standard InChI is InChI=1S/C18H20N2O3S/c1-13-5-8-17(9-6-13)24(22,23)19-16-7-10-18-15(12-16)4-3-11-20(18)14(2)21/h5-10,12,19H,3-4,11H2,1-2H3. The van der Waals surface area contributed by atoms with E-state index in [2.05, 4.69) is 4.72 Å². The van der Waals surface area contributed by atoms with Crippen molar-refractivity contribution >= 4 is 27.3 Å². The van der Waals surface area contributed by atoms with E-state index in [1.165, 1.54) is 0 Å². The summed E-state index contributed by atoms with van der Waals surface area (Å²) in [5.74, 6) is 0.00364. The number of carbonyl (C=O) groups excluding carboxylic acids is 1. The van der Waals surface area contributed by atoms with Crippen molar-refractivity contribution in [2.24, 2.45) is 0 Å². The number of aryl methyl sites for hydroxylation is 2. The molecule has 1 aliphatic heterocycles. The van der Waals surface area contributed by atoms with Gasteiger partial charge in [0.1, 0.15) is 0 Å². The number of nitrogens with one attached hydrogen (secondary N) is 1. The number of fused-ring (bicyclic) bond motifs is 1. The van der Waals surface area contributed by atoms with Crippen LogP contribution in [0.4, 0.5) is 11.4 Å². The van der Waals surface area contributed by atoms with E-state index in [1.54, 1.807) is 42.2 Å². The lowest BCUT2D eigenvalue weighted by Crippen LogP contribution is -2.33. The average Bonchev–Trinajstić information content (AvgIpc) is 2.54. The summed E-state index contributed by atoms with van der Waals surface area (Å²) in [6, 6.07) is 12.0. The van der Waals surface area contributed by atoms with Crippen LogP contribution in [-0.2, 0) is 21.2 Å². The quantitative estimate of drug-likeness (QED) is 0.930.